The maximum Gasteiger partial charge on any atom is 0.340 e. The van der Waals surface area contributed by atoms with Crippen LogP contribution in [0.25, 0.3) is 0 Å². The quantitative estimate of drug-likeness (QED) is 0.228. The van der Waals surface area contributed by atoms with E-state index in [0.717, 1.165) is 0 Å². The summed E-state index contributed by atoms with van der Waals surface area (Å²) >= 11 is 0. The molecular formula is C23H24O9. The molecule has 9 nitrogen and oxygen atoms in total. The Balaban J connectivity index is 2.72. The van der Waals surface area contributed by atoms with Gasteiger partial charge in [-0.15, -0.1) is 0 Å². The summed E-state index contributed by atoms with van der Waals surface area (Å²) in [5.74, 6) is -6.19. The molecule has 0 aliphatic rings. The molecule has 3 N–H and O–H groups in total. The number of esters is 2. The third kappa shape index (κ3) is 5.05. The maximum atomic E-state index is 13.0. The lowest BCUT2D eigenvalue weighted by molar-refractivity contribution is -0.134. The molecule has 0 fully saturated rings. The molecule has 9 heteroatoms. The molecule has 0 atom stereocenters. The van der Waals surface area contributed by atoms with Gasteiger partial charge in [0.15, 0.2) is 23.1 Å². The van der Waals surface area contributed by atoms with E-state index in [0.29, 0.717) is 5.56 Å². The monoisotopic (exact) mass is 444 g/mol. The Kier molecular flexibility index (Phi) is 7.95. The number of hydrogen-bond acceptors (Lipinski definition) is 9. The zero-order valence-electron chi connectivity index (χ0n) is 17.9. The average Bonchev–Trinajstić information content (AvgIpc) is 2.79. The number of aromatic hydroxyl groups is 3. The van der Waals surface area contributed by atoms with Crippen molar-refractivity contribution in [3.8, 4) is 23.0 Å². The van der Waals surface area contributed by atoms with Crippen LogP contribution in [0.1, 0.15) is 76.7 Å². The number of benzene rings is 2. The molecule has 0 spiro atoms. The molecule has 0 heterocycles. The van der Waals surface area contributed by atoms with Crippen LogP contribution in [-0.2, 0) is 16.1 Å². The van der Waals surface area contributed by atoms with E-state index in [4.69, 9.17) is 9.47 Å². The zero-order valence-corrected chi connectivity index (χ0v) is 17.9. The van der Waals surface area contributed by atoms with Crippen molar-refractivity contribution < 1.29 is 44.0 Å². The summed E-state index contributed by atoms with van der Waals surface area (Å²) in [5.41, 5.74) is -1.30. The van der Waals surface area contributed by atoms with Crippen LogP contribution in [0.4, 0.5) is 0 Å². The summed E-state index contributed by atoms with van der Waals surface area (Å²) in [6.07, 6.45) is -0.436. The first-order valence-electron chi connectivity index (χ1n) is 10.00. The minimum atomic E-state index is -1.15. The molecule has 0 saturated heterocycles. The van der Waals surface area contributed by atoms with E-state index in [9.17, 15) is 34.5 Å². The Morgan fingerprint density at radius 2 is 1.44 bits per heavy atom. The predicted octanol–water partition coefficient (Wildman–Crippen LogP) is 3.66. The summed E-state index contributed by atoms with van der Waals surface area (Å²) in [6, 6.07) is 5.89. The first kappa shape index (κ1) is 24.4. The van der Waals surface area contributed by atoms with Crippen molar-refractivity contribution in [2.75, 3.05) is 0 Å². The van der Waals surface area contributed by atoms with Crippen LogP contribution in [0, 0.1) is 0 Å². The molecule has 0 aliphatic heterocycles. The third-order valence-corrected chi connectivity index (χ3v) is 4.59. The van der Waals surface area contributed by atoms with Gasteiger partial charge >= 0.3 is 11.9 Å². The van der Waals surface area contributed by atoms with Crippen LogP contribution in [0.15, 0.2) is 24.3 Å². The summed E-state index contributed by atoms with van der Waals surface area (Å²) in [7, 11) is 0. The number of ketones is 2. The van der Waals surface area contributed by atoms with Gasteiger partial charge in [-0.05, 0) is 17.7 Å². The van der Waals surface area contributed by atoms with Gasteiger partial charge in [0.05, 0.1) is 16.7 Å². The van der Waals surface area contributed by atoms with Gasteiger partial charge in [-0.3, -0.25) is 14.4 Å². The molecule has 0 aliphatic carbocycles. The number of ether oxygens (including phenoxy) is 2. The van der Waals surface area contributed by atoms with Crippen molar-refractivity contribution in [1.29, 1.82) is 0 Å². The summed E-state index contributed by atoms with van der Waals surface area (Å²) in [6.45, 7) is 4.09. The predicted molar refractivity (Wildman–Crippen MR) is 112 cm³/mol. The van der Waals surface area contributed by atoms with Crippen LogP contribution in [0.2, 0.25) is 0 Å². The standard InChI is InChI=1S/C23H24O9/c1-4-14(25)17-19(23(30)31-11-12-8-7-9-13(24)10-12)18(15(26)5-2)22(21(29)20(17)28)32-16(27)6-3/h7-10,24,28-29H,4-6,11H2,1-3H3. The lowest BCUT2D eigenvalue weighted by atomic mass is 9.91. The van der Waals surface area contributed by atoms with Crippen molar-refractivity contribution >= 4 is 23.5 Å². The first-order valence-corrected chi connectivity index (χ1v) is 10.00. The highest BCUT2D eigenvalue weighted by Crippen LogP contribution is 2.45. The van der Waals surface area contributed by atoms with Gasteiger partial charge < -0.3 is 24.8 Å². The number of phenolic OH excluding ortho intramolecular Hbond substituents is 3. The molecule has 0 aromatic heterocycles. The van der Waals surface area contributed by atoms with Crippen LogP contribution in [-0.4, -0.2) is 38.8 Å². The minimum Gasteiger partial charge on any atom is -0.508 e. The lowest BCUT2D eigenvalue weighted by Crippen LogP contribution is -2.20. The Bertz CT molecular complexity index is 1070. The summed E-state index contributed by atoms with van der Waals surface area (Å²) in [4.78, 5) is 50.2. The van der Waals surface area contributed by atoms with E-state index in [1.807, 2.05) is 0 Å². The Morgan fingerprint density at radius 1 is 0.812 bits per heavy atom. The summed E-state index contributed by atoms with van der Waals surface area (Å²) < 4.78 is 10.3. The molecule has 0 saturated carbocycles. The molecule has 170 valence electrons. The molecular weight excluding hydrogens is 420 g/mol. The Labute approximate surface area is 184 Å². The minimum absolute atomic E-state index is 0.0571. The summed E-state index contributed by atoms with van der Waals surface area (Å²) in [5, 5.41) is 30.5. The van der Waals surface area contributed by atoms with Gasteiger partial charge in [0.25, 0.3) is 0 Å². The van der Waals surface area contributed by atoms with Crippen molar-refractivity contribution in [3.05, 3.63) is 46.5 Å². The van der Waals surface area contributed by atoms with E-state index in [1.165, 1.54) is 39.0 Å². The van der Waals surface area contributed by atoms with Crippen molar-refractivity contribution in [2.45, 2.75) is 46.6 Å². The van der Waals surface area contributed by atoms with E-state index in [-0.39, 0.29) is 31.6 Å². The molecule has 0 radical (unpaired) electrons. The van der Waals surface area contributed by atoms with E-state index in [1.54, 1.807) is 6.07 Å². The van der Waals surface area contributed by atoms with Crippen molar-refractivity contribution in [2.24, 2.45) is 0 Å². The Hall–Kier alpha value is -3.88. The van der Waals surface area contributed by atoms with E-state index in [2.05, 4.69) is 0 Å². The largest absolute Gasteiger partial charge is 0.508 e. The number of carbonyl (C=O) groups is 4. The third-order valence-electron chi connectivity index (χ3n) is 4.59. The van der Waals surface area contributed by atoms with Gasteiger partial charge in [0, 0.05) is 19.3 Å². The maximum absolute atomic E-state index is 13.0. The second kappa shape index (κ2) is 10.4. The SMILES string of the molecule is CCC(=O)Oc1c(O)c(O)c(C(=O)CC)c(C(=O)OCc2cccc(O)c2)c1C(=O)CC. The number of hydrogen-bond donors (Lipinski definition) is 3. The normalized spacial score (nSPS) is 10.5. The molecule has 2 aromatic carbocycles. The van der Waals surface area contributed by atoms with Gasteiger partial charge in [-0.1, -0.05) is 32.9 Å². The highest BCUT2D eigenvalue weighted by Gasteiger charge is 2.35. The van der Waals surface area contributed by atoms with Gasteiger partial charge in [0.1, 0.15) is 12.4 Å². The highest BCUT2D eigenvalue weighted by molar-refractivity contribution is 6.17. The zero-order chi connectivity index (χ0) is 24.0. The van der Waals surface area contributed by atoms with Gasteiger partial charge in [0.2, 0.25) is 5.75 Å². The fourth-order valence-corrected chi connectivity index (χ4v) is 2.95. The van der Waals surface area contributed by atoms with Crippen molar-refractivity contribution in [3.63, 3.8) is 0 Å². The number of Topliss-reactive ketones (excluding diaryl/α,β-unsaturated/α-hetero) is 2. The van der Waals surface area contributed by atoms with Gasteiger partial charge in [-0.2, -0.15) is 0 Å². The molecule has 0 unspecified atom stereocenters. The fraction of sp³-hybridized carbons (Fsp3) is 0.304. The molecule has 32 heavy (non-hydrogen) atoms. The topological polar surface area (TPSA) is 147 Å². The number of phenols is 3. The van der Waals surface area contributed by atoms with E-state index >= 15 is 0 Å². The van der Waals surface area contributed by atoms with Gasteiger partial charge in [-0.25, -0.2) is 4.79 Å². The number of carbonyl (C=O) groups excluding carboxylic acids is 4. The van der Waals surface area contributed by atoms with E-state index < -0.39 is 57.4 Å². The van der Waals surface area contributed by atoms with Crippen molar-refractivity contribution in [1.82, 2.24) is 0 Å². The molecule has 2 aromatic rings. The van der Waals surface area contributed by atoms with Crippen LogP contribution in [0.3, 0.4) is 0 Å². The molecule has 2 rings (SSSR count). The lowest BCUT2D eigenvalue weighted by Gasteiger charge is -2.19. The number of rotatable bonds is 9. The van der Waals surface area contributed by atoms with Crippen LogP contribution >= 0.6 is 0 Å². The Morgan fingerprint density at radius 3 is 2.00 bits per heavy atom. The van der Waals surface area contributed by atoms with Crippen LogP contribution < -0.4 is 4.74 Å². The second-order valence-electron chi connectivity index (χ2n) is 6.78. The molecule has 0 bridgehead atoms. The first-order chi connectivity index (χ1) is 15.2. The molecule has 0 amide bonds. The highest BCUT2D eigenvalue weighted by atomic mass is 16.5. The van der Waals surface area contributed by atoms with Crippen LogP contribution in [0.5, 0.6) is 23.0 Å². The fourth-order valence-electron chi connectivity index (χ4n) is 2.95. The second-order valence-corrected chi connectivity index (χ2v) is 6.78. The smallest absolute Gasteiger partial charge is 0.340 e. The average molecular weight is 444 g/mol.